The molecule has 0 aliphatic carbocycles. The van der Waals surface area contributed by atoms with Gasteiger partial charge in [0.1, 0.15) is 5.75 Å². The van der Waals surface area contributed by atoms with Crippen LogP contribution < -0.4 is 15.0 Å². The smallest absolute Gasteiger partial charge is 0.225 e. The molecule has 31 heavy (non-hydrogen) atoms. The Morgan fingerprint density at radius 1 is 1.06 bits per heavy atom. The van der Waals surface area contributed by atoms with Crippen LogP contribution >= 0.6 is 0 Å². The number of nitriles is 1. The molecular weight excluding hydrogens is 392 g/mol. The third-order valence-corrected chi connectivity index (χ3v) is 5.48. The van der Waals surface area contributed by atoms with Gasteiger partial charge >= 0.3 is 0 Å². The zero-order valence-corrected chi connectivity index (χ0v) is 18.0. The monoisotopic (exact) mass is 420 g/mol. The summed E-state index contributed by atoms with van der Waals surface area (Å²) in [6, 6.07) is 16.7. The van der Waals surface area contributed by atoms with Gasteiger partial charge in [-0.25, -0.2) is 0 Å². The highest BCUT2D eigenvalue weighted by Crippen LogP contribution is 2.23. The van der Waals surface area contributed by atoms with Gasteiger partial charge < -0.3 is 19.9 Å². The van der Waals surface area contributed by atoms with Crippen LogP contribution in [0.25, 0.3) is 0 Å². The number of ether oxygens (including phenoxy) is 1. The molecule has 1 atom stereocenters. The molecule has 0 aromatic heterocycles. The summed E-state index contributed by atoms with van der Waals surface area (Å²) in [6.07, 6.45) is 1.07. The van der Waals surface area contributed by atoms with E-state index in [0.717, 1.165) is 36.5 Å². The zero-order valence-electron chi connectivity index (χ0n) is 18.0. The highest BCUT2D eigenvalue weighted by molar-refractivity contribution is 5.79. The third kappa shape index (κ3) is 5.98. The molecule has 2 aromatic carbocycles. The van der Waals surface area contributed by atoms with E-state index in [9.17, 15) is 9.59 Å². The van der Waals surface area contributed by atoms with Gasteiger partial charge in [-0.15, -0.1) is 0 Å². The normalized spacial score (nSPS) is 14.9. The average molecular weight is 421 g/mol. The molecule has 3 rings (SSSR count). The molecule has 7 heteroatoms. The van der Waals surface area contributed by atoms with Gasteiger partial charge in [0.15, 0.2) is 0 Å². The van der Waals surface area contributed by atoms with Gasteiger partial charge in [0.2, 0.25) is 11.8 Å². The summed E-state index contributed by atoms with van der Waals surface area (Å²) in [5, 5.41) is 11.9. The number of hydrogen-bond donors (Lipinski definition) is 1. The molecule has 1 aliphatic rings. The van der Waals surface area contributed by atoms with Gasteiger partial charge in [-0.1, -0.05) is 12.1 Å². The second-order valence-corrected chi connectivity index (χ2v) is 7.61. The van der Waals surface area contributed by atoms with Crippen LogP contribution in [0.15, 0.2) is 48.5 Å². The Bertz CT molecular complexity index is 935. The first kappa shape index (κ1) is 22.2. The van der Waals surface area contributed by atoms with Crippen LogP contribution in [-0.4, -0.2) is 50.0 Å². The van der Waals surface area contributed by atoms with Crippen molar-refractivity contribution in [3.8, 4) is 11.8 Å². The number of hydrogen-bond acceptors (Lipinski definition) is 5. The molecule has 1 N–H and O–H groups in total. The topological polar surface area (TPSA) is 85.7 Å². The van der Waals surface area contributed by atoms with E-state index in [1.54, 1.807) is 7.11 Å². The Balaban J connectivity index is 1.64. The lowest BCUT2D eigenvalue weighted by molar-refractivity contribution is -0.131. The molecule has 1 aliphatic heterocycles. The molecule has 0 saturated carbocycles. The van der Waals surface area contributed by atoms with Gasteiger partial charge in [0.25, 0.3) is 0 Å². The molecule has 1 saturated heterocycles. The predicted molar refractivity (Wildman–Crippen MR) is 119 cm³/mol. The molecule has 1 fully saturated rings. The number of anilines is 1. The van der Waals surface area contributed by atoms with Crippen molar-refractivity contribution < 1.29 is 14.3 Å². The van der Waals surface area contributed by atoms with E-state index in [1.807, 2.05) is 53.4 Å². The number of carbonyl (C=O) groups excluding carboxylic acids is 2. The SMILES string of the molecule is COc1ccc(C(CC(=O)N2CCCN(c3ccc(C#N)cc3)CC2)NC(C)=O)cc1. The van der Waals surface area contributed by atoms with Crippen LogP contribution in [0.4, 0.5) is 5.69 Å². The minimum absolute atomic E-state index is 0.0243. The van der Waals surface area contributed by atoms with Gasteiger partial charge in [-0.05, 0) is 48.4 Å². The van der Waals surface area contributed by atoms with Crippen LogP contribution in [0, 0.1) is 11.3 Å². The standard InChI is InChI=1S/C24H28N4O3/c1-18(29)26-23(20-6-10-22(31-2)11-7-20)16-24(30)28-13-3-12-27(14-15-28)21-8-4-19(17-25)5-9-21/h4-11,23H,3,12-16H2,1-2H3,(H,26,29). The lowest BCUT2D eigenvalue weighted by atomic mass is 10.0. The van der Waals surface area contributed by atoms with Gasteiger partial charge in [-0.3, -0.25) is 9.59 Å². The molecule has 0 bridgehead atoms. The molecule has 162 valence electrons. The summed E-state index contributed by atoms with van der Waals surface area (Å²) >= 11 is 0. The van der Waals surface area contributed by atoms with Crippen molar-refractivity contribution in [3.63, 3.8) is 0 Å². The second kappa shape index (κ2) is 10.5. The summed E-state index contributed by atoms with van der Waals surface area (Å²) in [7, 11) is 1.60. The van der Waals surface area contributed by atoms with Crippen molar-refractivity contribution in [3.05, 3.63) is 59.7 Å². The molecular formula is C24H28N4O3. The highest BCUT2D eigenvalue weighted by atomic mass is 16.5. The summed E-state index contributed by atoms with van der Waals surface area (Å²) in [5.41, 5.74) is 2.57. The molecule has 1 unspecified atom stereocenters. The van der Waals surface area contributed by atoms with E-state index >= 15 is 0 Å². The first-order valence-electron chi connectivity index (χ1n) is 10.4. The van der Waals surface area contributed by atoms with Crippen LogP contribution in [0.1, 0.15) is 36.9 Å². The van der Waals surface area contributed by atoms with Crippen LogP contribution in [0.2, 0.25) is 0 Å². The number of nitrogens with one attached hydrogen (secondary N) is 1. The number of nitrogens with zero attached hydrogens (tertiary/aromatic N) is 3. The average Bonchev–Trinajstić information content (AvgIpc) is 3.05. The van der Waals surface area contributed by atoms with Crippen molar-refractivity contribution >= 4 is 17.5 Å². The molecule has 0 spiro atoms. The summed E-state index contributed by atoms with van der Waals surface area (Å²) in [4.78, 5) is 28.9. The molecule has 2 aromatic rings. The minimum atomic E-state index is -0.381. The van der Waals surface area contributed by atoms with Crippen LogP contribution in [-0.2, 0) is 9.59 Å². The van der Waals surface area contributed by atoms with Crippen molar-refractivity contribution in [1.82, 2.24) is 10.2 Å². The molecule has 2 amide bonds. The van der Waals surface area contributed by atoms with E-state index in [2.05, 4.69) is 16.3 Å². The number of benzene rings is 2. The first-order chi connectivity index (χ1) is 15.0. The lowest BCUT2D eigenvalue weighted by Crippen LogP contribution is -2.38. The Morgan fingerprint density at radius 3 is 2.39 bits per heavy atom. The number of carbonyl (C=O) groups is 2. The van der Waals surface area contributed by atoms with E-state index in [4.69, 9.17) is 10.00 Å². The van der Waals surface area contributed by atoms with E-state index in [-0.39, 0.29) is 24.3 Å². The van der Waals surface area contributed by atoms with Crippen LogP contribution in [0.3, 0.4) is 0 Å². The first-order valence-corrected chi connectivity index (χ1v) is 10.4. The quantitative estimate of drug-likeness (QED) is 0.777. The molecule has 1 heterocycles. The number of rotatable bonds is 6. The lowest BCUT2D eigenvalue weighted by Gasteiger charge is -2.25. The maximum atomic E-state index is 13.1. The van der Waals surface area contributed by atoms with E-state index < -0.39 is 0 Å². The number of amides is 2. The molecule has 7 nitrogen and oxygen atoms in total. The van der Waals surface area contributed by atoms with Crippen LogP contribution in [0.5, 0.6) is 5.75 Å². The minimum Gasteiger partial charge on any atom is -0.497 e. The summed E-state index contributed by atoms with van der Waals surface area (Å²) in [6.45, 7) is 4.34. The third-order valence-electron chi connectivity index (χ3n) is 5.48. The largest absolute Gasteiger partial charge is 0.497 e. The summed E-state index contributed by atoms with van der Waals surface area (Å²) < 4.78 is 5.20. The Kier molecular flexibility index (Phi) is 7.50. The Hall–Kier alpha value is -3.53. The predicted octanol–water partition coefficient (Wildman–Crippen LogP) is 2.87. The van der Waals surface area contributed by atoms with E-state index in [0.29, 0.717) is 18.7 Å². The Morgan fingerprint density at radius 2 is 1.77 bits per heavy atom. The zero-order chi connectivity index (χ0) is 22.2. The fourth-order valence-corrected chi connectivity index (χ4v) is 3.81. The summed E-state index contributed by atoms with van der Waals surface area (Å²) in [5.74, 6) is 0.583. The van der Waals surface area contributed by atoms with Crippen molar-refractivity contribution in [2.45, 2.75) is 25.8 Å². The fourth-order valence-electron chi connectivity index (χ4n) is 3.81. The Labute approximate surface area is 183 Å². The van der Waals surface area contributed by atoms with Gasteiger partial charge in [0.05, 0.1) is 31.2 Å². The van der Waals surface area contributed by atoms with E-state index in [1.165, 1.54) is 6.92 Å². The van der Waals surface area contributed by atoms with Gasteiger partial charge in [0, 0.05) is 38.8 Å². The fraction of sp³-hybridized carbons (Fsp3) is 0.375. The second-order valence-electron chi connectivity index (χ2n) is 7.61. The maximum absolute atomic E-state index is 13.1. The van der Waals surface area contributed by atoms with Gasteiger partial charge in [-0.2, -0.15) is 5.26 Å². The van der Waals surface area contributed by atoms with Crippen molar-refractivity contribution in [2.24, 2.45) is 0 Å². The van der Waals surface area contributed by atoms with Crippen molar-refractivity contribution in [1.29, 1.82) is 5.26 Å². The maximum Gasteiger partial charge on any atom is 0.225 e. The highest BCUT2D eigenvalue weighted by Gasteiger charge is 2.24. The number of methoxy groups -OCH3 is 1. The molecule has 0 radical (unpaired) electrons. The van der Waals surface area contributed by atoms with Crippen molar-refractivity contribution in [2.75, 3.05) is 38.2 Å².